The number of carbonyl (C=O) groups excluding carboxylic acids is 2. The summed E-state index contributed by atoms with van der Waals surface area (Å²) in [5, 5.41) is 2.83. The van der Waals surface area contributed by atoms with Crippen molar-refractivity contribution in [2.75, 3.05) is 13.2 Å². The molecule has 1 amide bonds. The Kier molecular flexibility index (Phi) is 6.20. The first-order chi connectivity index (χ1) is 11.1. The first kappa shape index (κ1) is 17.1. The van der Waals surface area contributed by atoms with Crippen LogP contribution in [0.1, 0.15) is 32.3 Å². The van der Waals surface area contributed by atoms with Gasteiger partial charge in [0.1, 0.15) is 5.75 Å². The van der Waals surface area contributed by atoms with Gasteiger partial charge in [-0.2, -0.15) is 0 Å². The van der Waals surface area contributed by atoms with Crippen LogP contribution in [-0.2, 0) is 14.3 Å². The fourth-order valence-electron chi connectivity index (χ4n) is 2.20. The molecule has 0 radical (unpaired) electrons. The average Bonchev–Trinajstić information content (AvgIpc) is 3.37. The highest BCUT2D eigenvalue weighted by Gasteiger charge is 2.28. The standard InChI is InChI=1S/C18H23NO4/c1-3-22-16-9-4-14(5-10-16)6-11-18(21)23-12-17(20)19-13(2)15-7-8-15/h4-6,9-11,13,15H,3,7-8,12H2,1-2H3,(H,19,20)/b11-6+/t13-/m1/s1. The zero-order valence-corrected chi connectivity index (χ0v) is 13.6. The third kappa shape index (κ3) is 6.14. The SMILES string of the molecule is CCOc1ccc(/C=C/C(=O)OCC(=O)N[C@H](C)C2CC2)cc1. The van der Waals surface area contributed by atoms with Crippen LogP contribution in [0.15, 0.2) is 30.3 Å². The van der Waals surface area contributed by atoms with E-state index in [9.17, 15) is 9.59 Å². The van der Waals surface area contributed by atoms with Crippen molar-refractivity contribution < 1.29 is 19.1 Å². The number of carbonyl (C=O) groups is 2. The van der Waals surface area contributed by atoms with Gasteiger partial charge in [0.25, 0.3) is 5.91 Å². The smallest absolute Gasteiger partial charge is 0.331 e. The van der Waals surface area contributed by atoms with Crippen LogP contribution in [0.5, 0.6) is 5.75 Å². The lowest BCUT2D eigenvalue weighted by molar-refractivity contribution is -0.144. The molecule has 0 spiro atoms. The summed E-state index contributed by atoms with van der Waals surface area (Å²) in [6.45, 7) is 4.26. The van der Waals surface area contributed by atoms with Crippen LogP contribution in [0.4, 0.5) is 0 Å². The second kappa shape index (κ2) is 8.36. The topological polar surface area (TPSA) is 64.6 Å². The Morgan fingerprint density at radius 2 is 2.00 bits per heavy atom. The van der Waals surface area contributed by atoms with Gasteiger partial charge in [-0.05, 0) is 56.4 Å². The highest BCUT2D eigenvalue weighted by Crippen LogP contribution is 2.32. The zero-order valence-electron chi connectivity index (χ0n) is 13.6. The number of hydrogen-bond acceptors (Lipinski definition) is 4. The maximum Gasteiger partial charge on any atom is 0.331 e. The molecule has 5 heteroatoms. The van der Waals surface area contributed by atoms with E-state index in [0.717, 1.165) is 24.2 Å². The zero-order chi connectivity index (χ0) is 16.7. The van der Waals surface area contributed by atoms with Gasteiger partial charge in [0.2, 0.25) is 0 Å². The van der Waals surface area contributed by atoms with Crippen LogP contribution in [-0.4, -0.2) is 31.1 Å². The molecule has 1 N–H and O–H groups in total. The summed E-state index contributed by atoms with van der Waals surface area (Å²) in [4.78, 5) is 23.2. The van der Waals surface area contributed by atoms with Gasteiger partial charge in [0.15, 0.2) is 6.61 Å². The minimum absolute atomic E-state index is 0.153. The number of hydrogen-bond donors (Lipinski definition) is 1. The van der Waals surface area contributed by atoms with Crippen molar-refractivity contribution in [1.29, 1.82) is 0 Å². The van der Waals surface area contributed by atoms with E-state index in [1.54, 1.807) is 6.08 Å². The Morgan fingerprint density at radius 1 is 1.30 bits per heavy atom. The van der Waals surface area contributed by atoms with Gasteiger partial charge < -0.3 is 14.8 Å². The van der Waals surface area contributed by atoms with Gasteiger partial charge in [0.05, 0.1) is 6.61 Å². The minimum atomic E-state index is -0.534. The summed E-state index contributed by atoms with van der Waals surface area (Å²) in [6, 6.07) is 7.51. The summed E-state index contributed by atoms with van der Waals surface area (Å²) in [6.07, 6.45) is 5.27. The number of amides is 1. The number of benzene rings is 1. The van der Waals surface area contributed by atoms with E-state index in [4.69, 9.17) is 9.47 Å². The van der Waals surface area contributed by atoms with Gasteiger partial charge >= 0.3 is 5.97 Å². The van der Waals surface area contributed by atoms with E-state index in [0.29, 0.717) is 12.5 Å². The Morgan fingerprint density at radius 3 is 2.61 bits per heavy atom. The highest BCUT2D eigenvalue weighted by atomic mass is 16.5. The highest BCUT2D eigenvalue weighted by molar-refractivity contribution is 5.89. The monoisotopic (exact) mass is 317 g/mol. The van der Waals surface area contributed by atoms with Gasteiger partial charge in [-0.3, -0.25) is 4.79 Å². The second-order valence-corrected chi connectivity index (χ2v) is 5.64. The van der Waals surface area contributed by atoms with E-state index < -0.39 is 5.97 Å². The quantitative estimate of drug-likeness (QED) is 0.591. The molecule has 1 aliphatic carbocycles. The van der Waals surface area contributed by atoms with Crippen molar-refractivity contribution in [3.8, 4) is 5.75 Å². The molecule has 0 unspecified atom stereocenters. The molecule has 5 nitrogen and oxygen atoms in total. The number of rotatable bonds is 8. The van der Waals surface area contributed by atoms with E-state index >= 15 is 0 Å². The third-order valence-electron chi connectivity index (χ3n) is 3.67. The molecule has 1 saturated carbocycles. The van der Waals surface area contributed by atoms with Crippen LogP contribution in [0.2, 0.25) is 0 Å². The largest absolute Gasteiger partial charge is 0.494 e. The molecule has 0 bridgehead atoms. The number of esters is 1. The first-order valence-corrected chi connectivity index (χ1v) is 7.95. The lowest BCUT2D eigenvalue weighted by Crippen LogP contribution is -2.36. The van der Waals surface area contributed by atoms with E-state index in [1.165, 1.54) is 6.08 Å². The first-order valence-electron chi connectivity index (χ1n) is 7.95. The number of nitrogens with one attached hydrogen (secondary N) is 1. The molecule has 1 atom stereocenters. The molecule has 1 fully saturated rings. The Labute approximate surface area is 136 Å². The van der Waals surface area contributed by atoms with Gasteiger partial charge in [0, 0.05) is 12.1 Å². The van der Waals surface area contributed by atoms with Crippen molar-refractivity contribution in [2.45, 2.75) is 32.7 Å². The Hall–Kier alpha value is -2.30. The predicted octanol–water partition coefficient (Wildman–Crippen LogP) is 2.56. The normalized spacial score (nSPS) is 15.2. The Bertz CT molecular complexity index is 561. The van der Waals surface area contributed by atoms with Gasteiger partial charge in [-0.25, -0.2) is 4.79 Å². The van der Waals surface area contributed by atoms with Crippen molar-refractivity contribution in [3.63, 3.8) is 0 Å². The summed E-state index contributed by atoms with van der Waals surface area (Å²) in [7, 11) is 0. The predicted molar refractivity (Wildman–Crippen MR) is 87.9 cm³/mol. The molecule has 1 aromatic rings. The van der Waals surface area contributed by atoms with Crippen LogP contribution >= 0.6 is 0 Å². The fraction of sp³-hybridized carbons (Fsp3) is 0.444. The molecule has 0 saturated heterocycles. The molecule has 0 heterocycles. The summed E-state index contributed by atoms with van der Waals surface area (Å²) >= 11 is 0. The third-order valence-corrected chi connectivity index (χ3v) is 3.67. The van der Waals surface area contributed by atoms with Crippen molar-refractivity contribution in [1.82, 2.24) is 5.32 Å². The van der Waals surface area contributed by atoms with Crippen molar-refractivity contribution in [2.24, 2.45) is 5.92 Å². The molecule has 1 aliphatic rings. The average molecular weight is 317 g/mol. The second-order valence-electron chi connectivity index (χ2n) is 5.64. The van der Waals surface area contributed by atoms with Gasteiger partial charge in [-0.1, -0.05) is 12.1 Å². The molecular formula is C18H23NO4. The molecule has 0 aliphatic heterocycles. The Balaban J connectivity index is 1.71. The fourth-order valence-corrected chi connectivity index (χ4v) is 2.20. The molecule has 124 valence electrons. The maximum atomic E-state index is 11.6. The molecule has 1 aromatic carbocycles. The van der Waals surface area contributed by atoms with Crippen molar-refractivity contribution in [3.05, 3.63) is 35.9 Å². The van der Waals surface area contributed by atoms with Crippen LogP contribution in [0.25, 0.3) is 6.08 Å². The lowest BCUT2D eigenvalue weighted by atomic mass is 10.2. The molecule has 2 rings (SSSR count). The number of ether oxygens (including phenoxy) is 2. The molecule has 0 aromatic heterocycles. The maximum absolute atomic E-state index is 11.6. The molecule has 23 heavy (non-hydrogen) atoms. The van der Waals surface area contributed by atoms with Crippen LogP contribution in [0.3, 0.4) is 0 Å². The van der Waals surface area contributed by atoms with Gasteiger partial charge in [-0.15, -0.1) is 0 Å². The lowest BCUT2D eigenvalue weighted by Gasteiger charge is -2.12. The summed E-state index contributed by atoms with van der Waals surface area (Å²) in [5.41, 5.74) is 0.859. The summed E-state index contributed by atoms with van der Waals surface area (Å²) in [5.74, 6) is 0.572. The van der Waals surface area contributed by atoms with E-state index in [2.05, 4.69) is 5.32 Å². The van der Waals surface area contributed by atoms with Crippen molar-refractivity contribution >= 4 is 18.0 Å². The van der Waals surface area contributed by atoms with E-state index in [1.807, 2.05) is 38.1 Å². The van der Waals surface area contributed by atoms with E-state index in [-0.39, 0.29) is 18.6 Å². The minimum Gasteiger partial charge on any atom is -0.494 e. The van der Waals surface area contributed by atoms with Crippen LogP contribution < -0.4 is 10.1 Å². The molecular weight excluding hydrogens is 294 g/mol. The summed E-state index contributed by atoms with van der Waals surface area (Å²) < 4.78 is 10.3. The van der Waals surface area contributed by atoms with Crippen LogP contribution in [0, 0.1) is 5.92 Å².